The summed E-state index contributed by atoms with van der Waals surface area (Å²) < 4.78 is 1.62. The standard InChI is InChI=1S/C16H23N5O/c1-2-3-4-6-9-18-15-13(11-19-16(17)20-15)12-21-10-7-5-8-14(21)22/h5,7-8,10-11H,2-4,6,9,12H2,1H3,(H3,17,18,19,20). The van der Waals surface area contributed by atoms with Gasteiger partial charge in [0.2, 0.25) is 5.95 Å². The Morgan fingerprint density at radius 2 is 2.14 bits per heavy atom. The molecule has 2 rings (SSSR count). The summed E-state index contributed by atoms with van der Waals surface area (Å²) in [6.45, 7) is 3.46. The molecular weight excluding hydrogens is 278 g/mol. The Labute approximate surface area is 130 Å². The highest BCUT2D eigenvalue weighted by atomic mass is 16.1. The summed E-state index contributed by atoms with van der Waals surface area (Å²) in [7, 11) is 0. The molecule has 0 atom stereocenters. The minimum Gasteiger partial charge on any atom is -0.370 e. The molecular formula is C16H23N5O. The Bertz CT molecular complexity index is 653. The van der Waals surface area contributed by atoms with Crippen molar-refractivity contribution in [1.82, 2.24) is 14.5 Å². The molecule has 0 aliphatic heterocycles. The fourth-order valence-corrected chi connectivity index (χ4v) is 2.22. The van der Waals surface area contributed by atoms with E-state index in [0.717, 1.165) is 18.5 Å². The summed E-state index contributed by atoms with van der Waals surface area (Å²) in [5, 5.41) is 3.31. The summed E-state index contributed by atoms with van der Waals surface area (Å²) in [6.07, 6.45) is 8.16. The van der Waals surface area contributed by atoms with Crippen molar-refractivity contribution in [2.75, 3.05) is 17.6 Å². The van der Waals surface area contributed by atoms with E-state index in [9.17, 15) is 4.79 Å². The molecule has 0 saturated carbocycles. The van der Waals surface area contributed by atoms with Crippen molar-refractivity contribution in [3.8, 4) is 0 Å². The molecule has 0 aliphatic rings. The number of rotatable bonds is 8. The molecule has 0 amide bonds. The number of nitrogens with zero attached hydrogens (tertiary/aromatic N) is 3. The maximum absolute atomic E-state index is 11.8. The van der Waals surface area contributed by atoms with Gasteiger partial charge in [0.05, 0.1) is 6.54 Å². The predicted molar refractivity (Wildman–Crippen MR) is 88.9 cm³/mol. The minimum absolute atomic E-state index is 0.0479. The second-order valence-corrected chi connectivity index (χ2v) is 5.26. The van der Waals surface area contributed by atoms with E-state index in [1.807, 2.05) is 6.07 Å². The molecule has 2 heterocycles. The van der Waals surface area contributed by atoms with Crippen molar-refractivity contribution in [2.45, 2.75) is 39.2 Å². The molecule has 22 heavy (non-hydrogen) atoms. The first-order valence-corrected chi connectivity index (χ1v) is 7.71. The van der Waals surface area contributed by atoms with Crippen molar-refractivity contribution < 1.29 is 0 Å². The number of hydrogen-bond acceptors (Lipinski definition) is 5. The third-order valence-corrected chi connectivity index (χ3v) is 3.45. The van der Waals surface area contributed by atoms with Crippen molar-refractivity contribution in [2.24, 2.45) is 0 Å². The topological polar surface area (TPSA) is 85.8 Å². The summed E-state index contributed by atoms with van der Waals surface area (Å²) in [5.74, 6) is 0.944. The average molecular weight is 301 g/mol. The lowest BCUT2D eigenvalue weighted by molar-refractivity contribution is 0.683. The Hall–Kier alpha value is -2.37. The maximum atomic E-state index is 11.8. The van der Waals surface area contributed by atoms with Crippen LogP contribution in [-0.4, -0.2) is 21.1 Å². The van der Waals surface area contributed by atoms with Gasteiger partial charge in [-0.3, -0.25) is 4.79 Å². The molecule has 3 N–H and O–H groups in total. The molecule has 0 fully saturated rings. The first-order chi connectivity index (χ1) is 10.7. The Balaban J connectivity index is 2.07. The lowest BCUT2D eigenvalue weighted by Gasteiger charge is -2.12. The van der Waals surface area contributed by atoms with Crippen LogP contribution in [0.4, 0.5) is 11.8 Å². The van der Waals surface area contributed by atoms with Crippen LogP contribution in [0.5, 0.6) is 0 Å². The summed E-state index contributed by atoms with van der Waals surface area (Å²) in [5.41, 5.74) is 6.48. The van der Waals surface area contributed by atoms with Crippen LogP contribution < -0.4 is 16.6 Å². The second-order valence-electron chi connectivity index (χ2n) is 5.26. The number of unbranched alkanes of at least 4 members (excludes halogenated alkanes) is 3. The van der Waals surface area contributed by atoms with Gasteiger partial charge in [-0.05, 0) is 12.5 Å². The molecule has 0 aliphatic carbocycles. The normalized spacial score (nSPS) is 10.6. The quantitative estimate of drug-likeness (QED) is 0.730. The van der Waals surface area contributed by atoms with Gasteiger partial charge >= 0.3 is 0 Å². The van der Waals surface area contributed by atoms with Crippen LogP contribution in [-0.2, 0) is 6.54 Å². The molecule has 0 bridgehead atoms. The molecule has 0 aromatic carbocycles. The van der Waals surface area contributed by atoms with E-state index >= 15 is 0 Å². The molecule has 118 valence electrons. The van der Waals surface area contributed by atoms with Gasteiger partial charge in [0, 0.05) is 30.6 Å². The number of aromatic nitrogens is 3. The van der Waals surface area contributed by atoms with Crippen molar-refractivity contribution in [3.05, 3.63) is 46.5 Å². The van der Waals surface area contributed by atoms with E-state index in [0.29, 0.717) is 12.4 Å². The highest BCUT2D eigenvalue weighted by Crippen LogP contribution is 2.14. The highest BCUT2D eigenvalue weighted by Gasteiger charge is 2.07. The number of nitrogen functional groups attached to an aromatic ring is 1. The fraction of sp³-hybridized carbons (Fsp3) is 0.438. The van der Waals surface area contributed by atoms with Crippen molar-refractivity contribution in [3.63, 3.8) is 0 Å². The van der Waals surface area contributed by atoms with E-state index in [2.05, 4.69) is 22.2 Å². The van der Waals surface area contributed by atoms with Gasteiger partial charge in [-0.15, -0.1) is 0 Å². The smallest absolute Gasteiger partial charge is 0.250 e. The molecule has 0 saturated heterocycles. The van der Waals surface area contributed by atoms with Crippen LogP contribution in [0.2, 0.25) is 0 Å². The molecule has 0 radical (unpaired) electrons. The van der Waals surface area contributed by atoms with Crippen LogP contribution in [0.25, 0.3) is 0 Å². The minimum atomic E-state index is -0.0479. The number of nitrogens with one attached hydrogen (secondary N) is 1. The van der Waals surface area contributed by atoms with Crippen molar-refractivity contribution >= 4 is 11.8 Å². The van der Waals surface area contributed by atoms with Crippen LogP contribution in [0.15, 0.2) is 35.4 Å². The van der Waals surface area contributed by atoms with E-state index in [4.69, 9.17) is 5.73 Å². The summed E-state index contributed by atoms with van der Waals surface area (Å²) >= 11 is 0. The number of pyridine rings is 1. The van der Waals surface area contributed by atoms with Gasteiger partial charge in [-0.25, -0.2) is 4.98 Å². The van der Waals surface area contributed by atoms with Gasteiger partial charge in [-0.1, -0.05) is 32.3 Å². The molecule has 6 heteroatoms. The van der Waals surface area contributed by atoms with E-state index in [1.165, 1.54) is 25.3 Å². The van der Waals surface area contributed by atoms with E-state index in [-0.39, 0.29) is 11.5 Å². The predicted octanol–water partition coefficient (Wildman–Crippen LogP) is 2.26. The van der Waals surface area contributed by atoms with Gasteiger partial charge in [0.25, 0.3) is 5.56 Å². The van der Waals surface area contributed by atoms with Crippen LogP contribution in [0.1, 0.15) is 38.2 Å². The first-order valence-electron chi connectivity index (χ1n) is 7.71. The Kier molecular flexibility index (Phi) is 5.94. The zero-order valence-corrected chi connectivity index (χ0v) is 13.0. The van der Waals surface area contributed by atoms with Crippen LogP contribution >= 0.6 is 0 Å². The van der Waals surface area contributed by atoms with Crippen LogP contribution in [0, 0.1) is 0 Å². The van der Waals surface area contributed by atoms with Gasteiger partial charge in [0.1, 0.15) is 5.82 Å². The highest BCUT2D eigenvalue weighted by molar-refractivity contribution is 5.46. The van der Waals surface area contributed by atoms with Gasteiger partial charge in [0.15, 0.2) is 0 Å². The zero-order chi connectivity index (χ0) is 15.8. The maximum Gasteiger partial charge on any atom is 0.250 e. The Morgan fingerprint density at radius 3 is 2.91 bits per heavy atom. The largest absolute Gasteiger partial charge is 0.370 e. The monoisotopic (exact) mass is 301 g/mol. The first kappa shape index (κ1) is 16.0. The number of anilines is 2. The molecule has 2 aromatic rings. The van der Waals surface area contributed by atoms with Crippen molar-refractivity contribution in [1.29, 1.82) is 0 Å². The van der Waals surface area contributed by atoms with Crippen LogP contribution in [0.3, 0.4) is 0 Å². The van der Waals surface area contributed by atoms with Gasteiger partial charge in [-0.2, -0.15) is 4.98 Å². The Morgan fingerprint density at radius 1 is 1.27 bits per heavy atom. The molecule has 0 spiro atoms. The zero-order valence-electron chi connectivity index (χ0n) is 13.0. The molecule has 6 nitrogen and oxygen atoms in total. The summed E-state index contributed by atoms with van der Waals surface area (Å²) in [4.78, 5) is 20.1. The average Bonchev–Trinajstić information content (AvgIpc) is 2.51. The lowest BCUT2D eigenvalue weighted by Crippen LogP contribution is -2.20. The summed E-state index contributed by atoms with van der Waals surface area (Å²) in [6, 6.07) is 5.10. The molecule has 0 unspecified atom stereocenters. The fourth-order valence-electron chi connectivity index (χ4n) is 2.22. The van der Waals surface area contributed by atoms with E-state index in [1.54, 1.807) is 23.0 Å². The van der Waals surface area contributed by atoms with Gasteiger partial charge < -0.3 is 15.6 Å². The number of nitrogens with two attached hydrogens (primary N) is 1. The lowest BCUT2D eigenvalue weighted by atomic mass is 10.2. The molecule has 2 aromatic heterocycles. The number of hydrogen-bond donors (Lipinski definition) is 2. The third kappa shape index (κ3) is 4.58. The van der Waals surface area contributed by atoms with E-state index < -0.39 is 0 Å². The SMILES string of the molecule is CCCCCCNc1nc(N)ncc1Cn1ccccc1=O. The third-order valence-electron chi connectivity index (χ3n) is 3.45. The second kappa shape index (κ2) is 8.17.